The third-order valence-corrected chi connectivity index (χ3v) is 5.20. The highest BCUT2D eigenvalue weighted by Crippen LogP contribution is 2.35. The molecular weight excluding hydrogens is 432 g/mol. The highest BCUT2D eigenvalue weighted by atomic mass is 35.5. The van der Waals surface area contributed by atoms with E-state index in [1.54, 1.807) is 23.6 Å². The van der Waals surface area contributed by atoms with Gasteiger partial charge in [0.15, 0.2) is 5.69 Å². The van der Waals surface area contributed by atoms with Crippen molar-refractivity contribution >= 4 is 35.1 Å². The lowest BCUT2D eigenvalue weighted by Gasteiger charge is -2.15. The molecule has 1 unspecified atom stereocenters. The van der Waals surface area contributed by atoms with Gasteiger partial charge in [-0.1, -0.05) is 48.0 Å². The summed E-state index contributed by atoms with van der Waals surface area (Å²) in [5.41, 5.74) is 2.73. The number of hydrogen-bond acceptors (Lipinski definition) is 6. The van der Waals surface area contributed by atoms with Gasteiger partial charge in [-0.25, -0.2) is 9.98 Å². The largest absolute Gasteiger partial charge is 0.434 e. The van der Waals surface area contributed by atoms with Crippen LogP contribution in [0.5, 0.6) is 0 Å². The van der Waals surface area contributed by atoms with Crippen LogP contribution >= 0.6 is 11.6 Å². The molecule has 0 aliphatic carbocycles. The fourth-order valence-corrected chi connectivity index (χ4v) is 3.92. The maximum atomic E-state index is 12.8. The predicted octanol–water partition coefficient (Wildman–Crippen LogP) is 3.52. The molecule has 2 aromatic carbocycles. The standard InChI is InChI=1S/C23H19ClN4O4/c1-12-25-20(22(31)26-13(2)29)21-23(32-14(3)30)27-19(15-8-4-6-10-17(15)24)16-9-5-7-11-18(16)28(12)21/h4-11,23H,1-3H3,(H,26,29,31). The third-order valence-electron chi connectivity index (χ3n) is 4.87. The monoisotopic (exact) mass is 450 g/mol. The van der Waals surface area contributed by atoms with E-state index >= 15 is 0 Å². The van der Waals surface area contributed by atoms with E-state index in [0.29, 0.717) is 27.8 Å². The van der Waals surface area contributed by atoms with Crippen molar-refractivity contribution in [3.63, 3.8) is 0 Å². The Bertz CT molecular complexity index is 1290. The topological polar surface area (TPSA) is 103 Å². The van der Waals surface area contributed by atoms with Gasteiger partial charge in [-0.05, 0) is 19.1 Å². The van der Waals surface area contributed by atoms with Crippen LogP contribution in [0.4, 0.5) is 0 Å². The fourth-order valence-electron chi connectivity index (χ4n) is 3.69. The normalized spacial score (nSPS) is 14.5. The first kappa shape index (κ1) is 21.5. The highest BCUT2D eigenvalue weighted by Gasteiger charge is 2.34. The summed E-state index contributed by atoms with van der Waals surface area (Å²) in [6, 6.07) is 14.6. The zero-order chi connectivity index (χ0) is 23.0. The molecule has 3 aromatic rings. The minimum absolute atomic E-state index is 0.0529. The van der Waals surface area contributed by atoms with Crippen LogP contribution < -0.4 is 5.32 Å². The third kappa shape index (κ3) is 3.80. The Morgan fingerprint density at radius 1 is 1.03 bits per heavy atom. The second-order valence-corrected chi connectivity index (χ2v) is 7.58. The quantitative estimate of drug-likeness (QED) is 0.615. The number of nitrogens with one attached hydrogen (secondary N) is 1. The van der Waals surface area contributed by atoms with Crippen LogP contribution in [-0.2, 0) is 14.3 Å². The highest BCUT2D eigenvalue weighted by molar-refractivity contribution is 6.35. The van der Waals surface area contributed by atoms with Gasteiger partial charge in [-0.15, -0.1) is 0 Å². The van der Waals surface area contributed by atoms with Crippen LogP contribution in [0.1, 0.15) is 53.2 Å². The summed E-state index contributed by atoms with van der Waals surface area (Å²) in [4.78, 5) is 45.4. The number of para-hydroxylation sites is 1. The lowest BCUT2D eigenvalue weighted by atomic mass is 10.0. The molecule has 4 rings (SSSR count). The summed E-state index contributed by atoms with van der Waals surface area (Å²) in [7, 11) is 0. The molecule has 2 amide bonds. The van der Waals surface area contributed by atoms with E-state index in [-0.39, 0.29) is 11.4 Å². The molecule has 9 heteroatoms. The first-order valence-corrected chi connectivity index (χ1v) is 10.2. The van der Waals surface area contributed by atoms with Gasteiger partial charge >= 0.3 is 5.97 Å². The predicted molar refractivity (Wildman–Crippen MR) is 118 cm³/mol. The molecule has 1 N–H and O–H groups in total. The van der Waals surface area contributed by atoms with Crippen molar-refractivity contribution in [2.75, 3.05) is 0 Å². The Morgan fingerprint density at radius 3 is 2.34 bits per heavy atom. The number of esters is 1. The zero-order valence-corrected chi connectivity index (χ0v) is 18.3. The van der Waals surface area contributed by atoms with Crippen molar-refractivity contribution in [2.24, 2.45) is 4.99 Å². The summed E-state index contributed by atoms with van der Waals surface area (Å²) in [5, 5.41) is 2.70. The van der Waals surface area contributed by atoms with Crippen LogP contribution in [0.2, 0.25) is 5.02 Å². The molecule has 1 aromatic heterocycles. The molecule has 0 bridgehead atoms. The lowest BCUT2D eigenvalue weighted by Crippen LogP contribution is -2.30. The number of aryl methyl sites for hydroxylation is 1. The number of imidazole rings is 1. The van der Waals surface area contributed by atoms with Gasteiger partial charge in [0.25, 0.3) is 5.91 Å². The Balaban J connectivity index is 2.05. The van der Waals surface area contributed by atoms with Gasteiger partial charge in [0, 0.05) is 30.0 Å². The minimum atomic E-state index is -1.19. The van der Waals surface area contributed by atoms with E-state index in [2.05, 4.69) is 10.3 Å². The SMILES string of the molecule is CC(=O)NC(=O)c1nc(C)n2c1C(OC(C)=O)N=C(c1ccccc1Cl)c1ccccc1-2. The molecule has 0 saturated carbocycles. The molecule has 8 nitrogen and oxygen atoms in total. The van der Waals surface area contributed by atoms with E-state index in [0.717, 1.165) is 5.56 Å². The number of ether oxygens (including phenoxy) is 1. The Labute approximate surface area is 188 Å². The first-order valence-electron chi connectivity index (χ1n) is 9.78. The molecule has 162 valence electrons. The zero-order valence-electron chi connectivity index (χ0n) is 17.5. The number of aromatic nitrogens is 2. The average Bonchev–Trinajstić information content (AvgIpc) is 3.01. The lowest BCUT2D eigenvalue weighted by molar-refractivity contribution is -0.146. The van der Waals surface area contributed by atoms with Crippen LogP contribution in [0.25, 0.3) is 5.69 Å². The maximum Gasteiger partial charge on any atom is 0.304 e. The van der Waals surface area contributed by atoms with Gasteiger partial charge in [-0.3, -0.25) is 24.3 Å². The molecule has 0 saturated heterocycles. The van der Waals surface area contributed by atoms with E-state index < -0.39 is 24.0 Å². The number of amides is 2. The van der Waals surface area contributed by atoms with Crippen LogP contribution in [-0.4, -0.2) is 33.0 Å². The minimum Gasteiger partial charge on any atom is -0.434 e. The van der Waals surface area contributed by atoms with Gasteiger partial charge in [0.2, 0.25) is 12.1 Å². The van der Waals surface area contributed by atoms with E-state index in [4.69, 9.17) is 21.3 Å². The molecule has 1 aliphatic heterocycles. The van der Waals surface area contributed by atoms with Crippen molar-refractivity contribution in [1.82, 2.24) is 14.9 Å². The number of carbonyl (C=O) groups excluding carboxylic acids is 3. The van der Waals surface area contributed by atoms with Crippen molar-refractivity contribution in [3.05, 3.63) is 81.9 Å². The number of halogens is 1. The summed E-state index contributed by atoms with van der Waals surface area (Å²) >= 11 is 6.48. The van der Waals surface area contributed by atoms with E-state index in [1.807, 2.05) is 36.4 Å². The molecule has 32 heavy (non-hydrogen) atoms. The number of fused-ring (bicyclic) bond motifs is 3. The molecule has 0 fully saturated rings. The van der Waals surface area contributed by atoms with Crippen molar-refractivity contribution < 1.29 is 19.1 Å². The van der Waals surface area contributed by atoms with Crippen LogP contribution in [0.15, 0.2) is 53.5 Å². The van der Waals surface area contributed by atoms with Crippen LogP contribution in [0.3, 0.4) is 0 Å². The van der Waals surface area contributed by atoms with Crippen molar-refractivity contribution in [1.29, 1.82) is 0 Å². The molecule has 0 spiro atoms. The van der Waals surface area contributed by atoms with Crippen molar-refractivity contribution in [2.45, 2.75) is 27.0 Å². The Hall–Kier alpha value is -3.78. The molecule has 1 aliphatic rings. The molecule has 0 radical (unpaired) electrons. The number of carbonyl (C=O) groups is 3. The van der Waals surface area contributed by atoms with E-state index in [9.17, 15) is 14.4 Å². The molecule has 2 heterocycles. The number of rotatable bonds is 3. The van der Waals surface area contributed by atoms with Gasteiger partial charge < -0.3 is 4.74 Å². The smallest absolute Gasteiger partial charge is 0.304 e. The summed E-state index contributed by atoms with van der Waals surface area (Å²) < 4.78 is 7.25. The van der Waals surface area contributed by atoms with Crippen molar-refractivity contribution in [3.8, 4) is 5.69 Å². The van der Waals surface area contributed by atoms with Gasteiger partial charge in [-0.2, -0.15) is 0 Å². The maximum absolute atomic E-state index is 12.8. The molecular formula is C23H19ClN4O4. The number of aliphatic imine (C=N–C) groups is 1. The average molecular weight is 451 g/mol. The Kier molecular flexibility index (Phi) is 5.63. The fraction of sp³-hybridized carbons (Fsp3) is 0.174. The van der Waals surface area contributed by atoms with Gasteiger partial charge in [0.1, 0.15) is 11.5 Å². The summed E-state index contributed by atoms with van der Waals surface area (Å²) in [5.74, 6) is -1.37. The number of hydrogen-bond donors (Lipinski definition) is 1. The number of nitrogens with zero attached hydrogens (tertiary/aromatic N) is 3. The molecule has 1 atom stereocenters. The van der Waals surface area contributed by atoms with Crippen LogP contribution in [0, 0.1) is 6.92 Å². The number of benzene rings is 2. The van der Waals surface area contributed by atoms with E-state index in [1.165, 1.54) is 13.8 Å². The number of imide groups is 1. The second-order valence-electron chi connectivity index (χ2n) is 7.18. The summed E-state index contributed by atoms with van der Waals surface area (Å²) in [6.45, 7) is 4.20. The second kappa shape index (κ2) is 8.39. The Morgan fingerprint density at radius 2 is 1.69 bits per heavy atom. The van der Waals surface area contributed by atoms with Gasteiger partial charge in [0.05, 0.1) is 11.4 Å². The summed E-state index contributed by atoms with van der Waals surface area (Å²) in [6.07, 6.45) is -1.19. The first-order chi connectivity index (χ1) is 15.3.